The lowest BCUT2D eigenvalue weighted by molar-refractivity contribution is 0.201. The smallest absolute Gasteiger partial charge is 0.0641 e. The van der Waals surface area contributed by atoms with Crippen molar-refractivity contribution in [3.05, 3.63) is 17.5 Å². The van der Waals surface area contributed by atoms with Crippen LogP contribution in [-0.4, -0.2) is 27.5 Å². The molecule has 0 spiro atoms. The SMILES string of the molecule is Cc1nn(C)cc1C(C)N[C@H](CO)C(C)C. The minimum absolute atomic E-state index is 0.134. The summed E-state index contributed by atoms with van der Waals surface area (Å²) in [6.07, 6.45) is 2.03. The molecule has 1 aromatic rings. The molecule has 0 aliphatic carbocycles. The average molecular weight is 225 g/mol. The molecule has 2 N–H and O–H groups in total. The minimum atomic E-state index is 0.134. The largest absolute Gasteiger partial charge is 0.395 e. The Hall–Kier alpha value is -0.870. The van der Waals surface area contributed by atoms with Crippen LogP contribution in [0.1, 0.15) is 38.1 Å². The zero-order valence-electron chi connectivity index (χ0n) is 10.9. The molecule has 4 heteroatoms. The minimum Gasteiger partial charge on any atom is -0.395 e. The van der Waals surface area contributed by atoms with Gasteiger partial charge >= 0.3 is 0 Å². The quantitative estimate of drug-likeness (QED) is 0.796. The van der Waals surface area contributed by atoms with Crippen LogP contribution in [0.25, 0.3) is 0 Å². The van der Waals surface area contributed by atoms with Crippen LogP contribution in [0.2, 0.25) is 0 Å². The zero-order chi connectivity index (χ0) is 12.3. The summed E-state index contributed by atoms with van der Waals surface area (Å²) in [6.45, 7) is 8.50. The van der Waals surface area contributed by atoms with Crippen LogP contribution in [0.5, 0.6) is 0 Å². The van der Waals surface area contributed by atoms with Crippen molar-refractivity contribution in [2.45, 2.75) is 39.8 Å². The van der Waals surface area contributed by atoms with Gasteiger partial charge < -0.3 is 10.4 Å². The van der Waals surface area contributed by atoms with Crippen molar-refractivity contribution in [3.8, 4) is 0 Å². The predicted molar refractivity (Wildman–Crippen MR) is 65.2 cm³/mol. The summed E-state index contributed by atoms with van der Waals surface area (Å²) in [5, 5.41) is 17.0. The molecule has 2 atom stereocenters. The van der Waals surface area contributed by atoms with Crippen LogP contribution in [0, 0.1) is 12.8 Å². The Morgan fingerprint density at radius 1 is 1.44 bits per heavy atom. The number of aliphatic hydroxyl groups excluding tert-OH is 1. The number of rotatable bonds is 5. The Labute approximate surface area is 97.7 Å². The molecule has 1 rings (SSSR count). The van der Waals surface area contributed by atoms with E-state index in [0.29, 0.717) is 5.92 Å². The van der Waals surface area contributed by atoms with E-state index in [4.69, 9.17) is 0 Å². The number of hydrogen-bond acceptors (Lipinski definition) is 3. The maximum absolute atomic E-state index is 9.28. The molecule has 0 saturated heterocycles. The lowest BCUT2D eigenvalue weighted by Crippen LogP contribution is -2.38. The predicted octanol–water partition coefficient (Wildman–Crippen LogP) is 1.40. The van der Waals surface area contributed by atoms with Gasteiger partial charge in [0.1, 0.15) is 0 Å². The first-order valence-electron chi connectivity index (χ1n) is 5.82. The van der Waals surface area contributed by atoms with Gasteiger partial charge in [0.2, 0.25) is 0 Å². The molecule has 0 amide bonds. The molecular formula is C12H23N3O. The first-order chi connectivity index (χ1) is 7.45. The van der Waals surface area contributed by atoms with Gasteiger partial charge in [-0.25, -0.2) is 0 Å². The first-order valence-corrected chi connectivity index (χ1v) is 5.82. The number of aromatic nitrogens is 2. The Morgan fingerprint density at radius 2 is 2.06 bits per heavy atom. The third-order valence-electron chi connectivity index (χ3n) is 2.98. The van der Waals surface area contributed by atoms with E-state index >= 15 is 0 Å². The molecule has 16 heavy (non-hydrogen) atoms. The summed E-state index contributed by atoms with van der Waals surface area (Å²) in [5.74, 6) is 0.421. The van der Waals surface area contributed by atoms with Crippen molar-refractivity contribution >= 4 is 0 Å². The summed E-state index contributed by atoms with van der Waals surface area (Å²) in [7, 11) is 1.93. The van der Waals surface area contributed by atoms with Crippen molar-refractivity contribution < 1.29 is 5.11 Å². The maximum atomic E-state index is 9.28. The van der Waals surface area contributed by atoms with E-state index in [1.807, 2.05) is 24.9 Å². The first kappa shape index (κ1) is 13.2. The van der Waals surface area contributed by atoms with Gasteiger partial charge in [-0.15, -0.1) is 0 Å². The van der Waals surface area contributed by atoms with Gasteiger partial charge in [0.25, 0.3) is 0 Å². The van der Waals surface area contributed by atoms with Crippen LogP contribution >= 0.6 is 0 Å². The van der Waals surface area contributed by atoms with Crippen molar-refractivity contribution in [1.29, 1.82) is 0 Å². The van der Waals surface area contributed by atoms with E-state index in [1.54, 1.807) is 0 Å². The molecular weight excluding hydrogens is 202 g/mol. The van der Waals surface area contributed by atoms with Gasteiger partial charge in [-0.1, -0.05) is 13.8 Å². The summed E-state index contributed by atoms with van der Waals surface area (Å²) < 4.78 is 1.83. The van der Waals surface area contributed by atoms with Gasteiger partial charge in [-0.05, 0) is 19.8 Å². The fraction of sp³-hybridized carbons (Fsp3) is 0.750. The number of hydrogen-bond donors (Lipinski definition) is 2. The summed E-state index contributed by atoms with van der Waals surface area (Å²) in [4.78, 5) is 0. The number of aliphatic hydroxyl groups is 1. The Morgan fingerprint density at radius 3 is 2.44 bits per heavy atom. The summed E-state index contributed by atoms with van der Waals surface area (Å²) >= 11 is 0. The second-order valence-electron chi connectivity index (χ2n) is 4.76. The van der Waals surface area contributed by atoms with Gasteiger partial charge in [-0.2, -0.15) is 5.10 Å². The number of aryl methyl sites for hydroxylation is 2. The van der Waals surface area contributed by atoms with Gasteiger partial charge in [0, 0.05) is 30.9 Å². The third-order valence-corrected chi connectivity index (χ3v) is 2.98. The molecule has 0 saturated carbocycles. The molecule has 1 unspecified atom stereocenters. The van der Waals surface area contributed by atoms with Crippen LogP contribution in [0.3, 0.4) is 0 Å². The van der Waals surface area contributed by atoms with Crippen molar-refractivity contribution in [1.82, 2.24) is 15.1 Å². The summed E-state index contributed by atoms with van der Waals surface area (Å²) in [6, 6.07) is 0.350. The van der Waals surface area contributed by atoms with Crippen LogP contribution < -0.4 is 5.32 Å². The zero-order valence-corrected chi connectivity index (χ0v) is 10.9. The van der Waals surface area contributed by atoms with E-state index in [-0.39, 0.29) is 18.7 Å². The lowest BCUT2D eigenvalue weighted by Gasteiger charge is -2.24. The van der Waals surface area contributed by atoms with E-state index < -0.39 is 0 Å². The van der Waals surface area contributed by atoms with Crippen LogP contribution in [0.4, 0.5) is 0 Å². The second kappa shape index (κ2) is 5.46. The highest BCUT2D eigenvalue weighted by Gasteiger charge is 2.18. The fourth-order valence-electron chi connectivity index (χ4n) is 1.91. The Balaban J connectivity index is 2.71. The second-order valence-corrected chi connectivity index (χ2v) is 4.76. The van der Waals surface area contributed by atoms with Gasteiger partial charge in [-0.3, -0.25) is 4.68 Å². The van der Waals surface area contributed by atoms with Gasteiger partial charge in [0.15, 0.2) is 0 Å². The number of nitrogens with zero attached hydrogens (tertiary/aromatic N) is 2. The fourth-order valence-corrected chi connectivity index (χ4v) is 1.91. The molecule has 0 fully saturated rings. The average Bonchev–Trinajstić information content (AvgIpc) is 2.53. The molecule has 0 aromatic carbocycles. The molecule has 0 bridgehead atoms. The van der Waals surface area contributed by atoms with Crippen molar-refractivity contribution in [2.75, 3.05) is 6.61 Å². The maximum Gasteiger partial charge on any atom is 0.0641 e. The lowest BCUT2D eigenvalue weighted by atomic mass is 10.0. The normalized spacial score (nSPS) is 15.4. The Bertz CT molecular complexity index is 333. The topological polar surface area (TPSA) is 50.1 Å². The molecule has 0 radical (unpaired) electrons. The van der Waals surface area contributed by atoms with Crippen LogP contribution in [0.15, 0.2) is 6.20 Å². The number of nitrogens with one attached hydrogen (secondary N) is 1. The van der Waals surface area contributed by atoms with Crippen molar-refractivity contribution in [2.24, 2.45) is 13.0 Å². The summed E-state index contributed by atoms with van der Waals surface area (Å²) in [5.41, 5.74) is 2.24. The molecule has 4 nitrogen and oxygen atoms in total. The van der Waals surface area contributed by atoms with Gasteiger partial charge in [0.05, 0.1) is 12.3 Å². The third kappa shape index (κ3) is 3.06. The van der Waals surface area contributed by atoms with Crippen molar-refractivity contribution in [3.63, 3.8) is 0 Å². The highest BCUT2D eigenvalue weighted by molar-refractivity contribution is 5.19. The molecule has 92 valence electrons. The Kier molecular flexibility index (Phi) is 4.50. The molecule has 0 aliphatic heterocycles. The highest BCUT2D eigenvalue weighted by Crippen LogP contribution is 2.17. The van der Waals surface area contributed by atoms with E-state index in [2.05, 4.69) is 31.2 Å². The van der Waals surface area contributed by atoms with E-state index in [1.165, 1.54) is 5.56 Å². The van der Waals surface area contributed by atoms with E-state index in [9.17, 15) is 5.11 Å². The molecule has 1 aromatic heterocycles. The molecule has 1 heterocycles. The standard InChI is InChI=1S/C12H23N3O/c1-8(2)12(7-16)13-9(3)11-6-15(5)14-10(11)4/h6,8-9,12-13,16H,7H2,1-5H3/t9?,12-/m1/s1. The molecule has 0 aliphatic rings. The monoisotopic (exact) mass is 225 g/mol. The van der Waals surface area contributed by atoms with E-state index in [0.717, 1.165) is 5.69 Å². The van der Waals surface area contributed by atoms with Crippen LogP contribution in [-0.2, 0) is 7.05 Å². The highest BCUT2D eigenvalue weighted by atomic mass is 16.3.